The van der Waals surface area contributed by atoms with Crippen LogP contribution in [0, 0.1) is 0 Å². The van der Waals surface area contributed by atoms with E-state index in [0.29, 0.717) is 12.1 Å². The molecule has 0 aliphatic carbocycles. The van der Waals surface area contributed by atoms with Gasteiger partial charge in [-0.15, -0.1) is 0 Å². The van der Waals surface area contributed by atoms with Crippen molar-refractivity contribution in [3.63, 3.8) is 0 Å². The first kappa shape index (κ1) is 19.4. The van der Waals surface area contributed by atoms with E-state index in [9.17, 15) is 4.79 Å². The van der Waals surface area contributed by atoms with Crippen molar-refractivity contribution in [1.82, 2.24) is 10.2 Å². The molecule has 6 nitrogen and oxygen atoms in total. The van der Waals surface area contributed by atoms with Gasteiger partial charge in [-0.05, 0) is 35.4 Å². The van der Waals surface area contributed by atoms with Crippen LogP contribution in [0.4, 0.5) is 0 Å². The van der Waals surface area contributed by atoms with Gasteiger partial charge < -0.3 is 19.9 Å². The lowest BCUT2D eigenvalue weighted by Crippen LogP contribution is -2.42. The van der Waals surface area contributed by atoms with E-state index in [4.69, 9.17) is 14.6 Å². The molecule has 1 aliphatic heterocycles. The molecule has 0 spiro atoms. The molecule has 1 fully saturated rings. The normalized spacial score (nSPS) is 16.0. The number of benzene rings is 2. The zero-order chi connectivity index (χ0) is 19.1. The molecule has 6 heteroatoms. The van der Waals surface area contributed by atoms with Gasteiger partial charge in [0.15, 0.2) is 0 Å². The first-order chi connectivity index (χ1) is 13.2. The number of morpholine rings is 1. The summed E-state index contributed by atoms with van der Waals surface area (Å²) in [6, 6.07) is 15.5. The van der Waals surface area contributed by atoms with Gasteiger partial charge in [0.05, 0.1) is 25.9 Å². The number of aromatic carboxylic acids is 1. The molecule has 1 atom stereocenters. The molecule has 0 aromatic heterocycles. The average molecular weight is 370 g/mol. The Morgan fingerprint density at radius 2 is 1.81 bits per heavy atom. The van der Waals surface area contributed by atoms with Gasteiger partial charge in [0, 0.05) is 32.2 Å². The fraction of sp³-hybridized carbons (Fsp3) is 0.381. The van der Waals surface area contributed by atoms with Crippen LogP contribution in [0.1, 0.15) is 27.5 Å². The molecular formula is C21H26N2O4. The molecule has 0 radical (unpaired) electrons. The summed E-state index contributed by atoms with van der Waals surface area (Å²) in [6.45, 7) is 4.81. The van der Waals surface area contributed by atoms with E-state index in [2.05, 4.69) is 22.3 Å². The van der Waals surface area contributed by atoms with Crippen LogP contribution in [-0.2, 0) is 11.3 Å². The molecule has 0 bridgehead atoms. The predicted octanol–water partition coefficient (Wildman–Crippen LogP) is 2.56. The molecule has 1 heterocycles. The van der Waals surface area contributed by atoms with Crippen LogP contribution in [0.2, 0.25) is 0 Å². The predicted molar refractivity (Wildman–Crippen MR) is 103 cm³/mol. The van der Waals surface area contributed by atoms with Crippen LogP contribution < -0.4 is 10.1 Å². The van der Waals surface area contributed by atoms with Gasteiger partial charge >= 0.3 is 5.97 Å². The molecule has 2 aromatic rings. The summed E-state index contributed by atoms with van der Waals surface area (Å²) in [6.07, 6.45) is 0. The third-order valence-corrected chi connectivity index (χ3v) is 4.85. The number of ether oxygens (including phenoxy) is 2. The Kier molecular flexibility index (Phi) is 6.81. The lowest BCUT2D eigenvalue weighted by Gasteiger charge is -2.35. The fourth-order valence-electron chi connectivity index (χ4n) is 3.29. The van der Waals surface area contributed by atoms with Crippen molar-refractivity contribution in [1.29, 1.82) is 0 Å². The molecule has 1 aliphatic rings. The highest BCUT2D eigenvalue weighted by Crippen LogP contribution is 2.23. The Bertz CT molecular complexity index is 725. The molecule has 0 saturated carbocycles. The van der Waals surface area contributed by atoms with Crippen molar-refractivity contribution < 1.29 is 19.4 Å². The zero-order valence-corrected chi connectivity index (χ0v) is 15.6. The molecule has 0 amide bonds. The average Bonchev–Trinajstić information content (AvgIpc) is 2.72. The van der Waals surface area contributed by atoms with Crippen molar-refractivity contribution in [3.8, 4) is 5.75 Å². The zero-order valence-electron chi connectivity index (χ0n) is 15.6. The van der Waals surface area contributed by atoms with Crippen LogP contribution in [0.25, 0.3) is 0 Å². The minimum Gasteiger partial charge on any atom is -0.497 e. The number of methoxy groups -OCH3 is 1. The lowest BCUT2D eigenvalue weighted by atomic mass is 10.0. The van der Waals surface area contributed by atoms with Crippen molar-refractivity contribution in [2.45, 2.75) is 12.6 Å². The van der Waals surface area contributed by atoms with E-state index in [0.717, 1.165) is 44.2 Å². The summed E-state index contributed by atoms with van der Waals surface area (Å²) >= 11 is 0. The number of nitrogens with zero attached hydrogens (tertiary/aromatic N) is 1. The summed E-state index contributed by atoms with van der Waals surface area (Å²) in [4.78, 5) is 13.4. The number of rotatable bonds is 8. The minimum absolute atomic E-state index is 0.248. The van der Waals surface area contributed by atoms with Gasteiger partial charge in [-0.2, -0.15) is 0 Å². The maximum absolute atomic E-state index is 11.0. The Morgan fingerprint density at radius 1 is 1.15 bits per heavy atom. The SMILES string of the molecule is COc1ccc(C(CNCc2ccc(C(=O)O)cc2)N2CCOCC2)cc1. The molecule has 2 N–H and O–H groups in total. The number of carboxylic acid groups (broad SMARTS) is 1. The highest BCUT2D eigenvalue weighted by atomic mass is 16.5. The summed E-state index contributed by atoms with van der Waals surface area (Å²) in [5, 5.41) is 12.5. The number of hydrogen-bond donors (Lipinski definition) is 2. The van der Waals surface area contributed by atoms with Gasteiger partial charge in [-0.3, -0.25) is 4.90 Å². The smallest absolute Gasteiger partial charge is 0.335 e. The van der Waals surface area contributed by atoms with Gasteiger partial charge in [-0.1, -0.05) is 24.3 Å². The van der Waals surface area contributed by atoms with E-state index in [1.165, 1.54) is 5.56 Å². The van der Waals surface area contributed by atoms with E-state index in [1.807, 2.05) is 24.3 Å². The standard InChI is InChI=1S/C21H26N2O4/c1-26-19-8-6-17(7-9-19)20(23-10-12-27-13-11-23)15-22-14-16-2-4-18(5-3-16)21(24)25/h2-9,20,22H,10-15H2,1H3,(H,24,25). The quantitative estimate of drug-likeness (QED) is 0.744. The summed E-state index contributed by atoms with van der Waals surface area (Å²) in [5.41, 5.74) is 2.62. The molecule has 2 aromatic carbocycles. The van der Waals surface area contributed by atoms with E-state index < -0.39 is 5.97 Å². The third-order valence-electron chi connectivity index (χ3n) is 4.85. The van der Waals surface area contributed by atoms with Gasteiger partial charge in [0.1, 0.15) is 5.75 Å². The Labute approximate surface area is 159 Å². The number of carbonyl (C=O) groups is 1. The molecule has 1 saturated heterocycles. The van der Waals surface area contributed by atoms with Crippen LogP contribution in [0.3, 0.4) is 0 Å². The monoisotopic (exact) mass is 370 g/mol. The molecule has 3 rings (SSSR count). The summed E-state index contributed by atoms with van der Waals surface area (Å²) in [5.74, 6) is -0.0487. The first-order valence-electron chi connectivity index (χ1n) is 9.16. The van der Waals surface area contributed by atoms with E-state index in [1.54, 1.807) is 19.2 Å². The Balaban J connectivity index is 1.64. The molecular weight excluding hydrogens is 344 g/mol. The lowest BCUT2D eigenvalue weighted by molar-refractivity contribution is 0.0161. The topological polar surface area (TPSA) is 71.0 Å². The molecule has 144 valence electrons. The number of nitrogens with one attached hydrogen (secondary N) is 1. The number of carboxylic acids is 1. The van der Waals surface area contributed by atoms with Crippen molar-refractivity contribution in [3.05, 3.63) is 65.2 Å². The van der Waals surface area contributed by atoms with E-state index in [-0.39, 0.29) is 6.04 Å². The minimum atomic E-state index is -0.901. The second-order valence-corrected chi connectivity index (χ2v) is 6.57. The van der Waals surface area contributed by atoms with Gasteiger partial charge in [0.25, 0.3) is 0 Å². The van der Waals surface area contributed by atoms with Crippen LogP contribution in [0.5, 0.6) is 5.75 Å². The van der Waals surface area contributed by atoms with Crippen LogP contribution in [-0.4, -0.2) is 55.9 Å². The van der Waals surface area contributed by atoms with Gasteiger partial charge in [0.2, 0.25) is 0 Å². The third kappa shape index (κ3) is 5.29. The van der Waals surface area contributed by atoms with Crippen molar-refractivity contribution in [2.75, 3.05) is 40.0 Å². The maximum Gasteiger partial charge on any atom is 0.335 e. The molecule has 1 unspecified atom stereocenters. The first-order valence-corrected chi connectivity index (χ1v) is 9.16. The van der Waals surface area contributed by atoms with Crippen LogP contribution in [0.15, 0.2) is 48.5 Å². The largest absolute Gasteiger partial charge is 0.497 e. The maximum atomic E-state index is 11.0. The highest BCUT2D eigenvalue weighted by molar-refractivity contribution is 5.87. The number of hydrogen-bond acceptors (Lipinski definition) is 5. The van der Waals surface area contributed by atoms with Gasteiger partial charge in [-0.25, -0.2) is 4.79 Å². The van der Waals surface area contributed by atoms with Crippen molar-refractivity contribution in [2.24, 2.45) is 0 Å². The van der Waals surface area contributed by atoms with Crippen molar-refractivity contribution >= 4 is 5.97 Å². The fourth-order valence-corrected chi connectivity index (χ4v) is 3.29. The second-order valence-electron chi connectivity index (χ2n) is 6.57. The Morgan fingerprint density at radius 3 is 2.41 bits per heavy atom. The highest BCUT2D eigenvalue weighted by Gasteiger charge is 2.22. The Hall–Kier alpha value is -2.41. The van der Waals surface area contributed by atoms with Crippen LogP contribution >= 0.6 is 0 Å². The van der Waals surface area contributed by atoms with E-state index >= 15 is 0 Å². The second kappa shape index (κ2) is 9.50. The molecule has 27 heavy (non-hydrogen) atoms. The summed E-state index contributed by atoms with van der Waals surface area (Å²) < 4.78 is 10.8. The summed E-state index contributed by atoms with van der Waals surface area (Å²) in [7, 11) is 1.67.